The van der Waals surface area contributed by atoms with E-state index in [0.29, 0.717) is 32.1 Å². The topological polar surface area (TPSA) is 51.2 Å². The first-order valence-electron chi connectivity index (χ1n) is 13.2. The number of methoxy groups -OCH3 is 2. The van der Waals surface area contributed by atoms with Crippen LogP contribution in [-0.4, -0.2) is 82.2 Å². The summed E-state index contributed by atoms with van der Waals surface area (Å²) in [5.74, 6) is 2.60. The first-order valence-corrected chi connectivity index (χ1v) is 13.2. The van der Waals surface area contributed by atoms with E-state index in [1.54, 1.807) is 14.2 Å². The molecule has 6 nitrogen and oxygen atoms in total. The number of rotatable bonds is 15. The van der Waals surface area contributed by atoms with E-state index in [1.807, 2.05) is 4.90 Å². The highest BCUT2D eigenvalue weighted by Gasteiger charge is 2.35. The molecule has 0 unspecified atom stereocenters. The van der Waals surface area contributed by atoms with Crippen LogP contribution in [0.1, 0.15) is 43.2 Å². The van der Waals surface area contributed by atoms with Crippen molar-refractivity contribution in [1.82, 2.24) is 9.80 Å². The van der Waals surface area contributed by atoms with E-state index in [2.05, 4.69) is 35.6 Å². The van der Waals surface area contributed by atoms with Crippen molar-refractivity contribution in [3.05, 3.63) is 41.8 Å². The molecular weight excluding hydrogens is 428 g/mol. The third-order valence-electron chi connectivity index (χ3n) is 7.75. The van der Waals surface area contributed by atoms with Crippen molar-refractivity contribution >= 4 is 5.91 Å². The summed E-state index contributed by atoms with van der Waals surface area (Å²) in [6.07, 6.45) is 9.59. The molecule has 1 amide bonds. The van der Waals surface area contributed by atoms with Crippen LogP contribution in [0.2, 0.25) is 0 Å². The van der Waals surface area contributed by atoms with Gasteiger partial charge < -0.3 is 24.0 Å². The molecule has 34 heavy (non-hydrogen) atoms. The van der Waals surface area contributed by atoms with E-state index in [9.17, 15) is 4.79 Å². The van der Waals surface area contributed by atoms with Crippen molar-refractivity contribution in [3.8, 4) is 0 Å². The van der Waals surface area contributed by atoms with Crippen LogP contribution in [0.3, 0.4) is 0 Å². The van der Waals surface area contributed by atoms with Crippen LogP contribution in [0.4, 0.5) is 0 Å². The van der Waals surface area contributed by atoms with Crippen LogP contribution < -0.4 is 0 Å². The lowest BCUT2D eigenvalue weighted by atomic mass is 10.0. The lowest BCUT2D eigenvalue weighted by Crippen LogP contribution is -2.40. The van der Waals surface area contributed by atoms with Gasteiger partial charge in [-0.25, -0.2) is 0 Å². The number of ether oxygens (including phenoxy) is 3. The minimum absolute atomic E-state index is 0.120. The highest BCUT2D eigenvalue weighted by molar-refractivity contribution is 5.76. The van der Waals surface area contributed by atoms with E-state index in [1.165, 1.54) is 56.4 Å². The first kappa shape index (κ1) is 25.6. The fraction of sp³-hybridized carbons (Fsp3) is 0.714. The molecule has 4 rings (SSSR count). The molecule has 2 aliphatic carbocycles. The Labute approximate surface area is 205 Å². The molecule has 0 aromatic heterocycles. The number of fused-ring (bicyclic) bond motifs is 1. The maximum atomic E-state index is 12.7. The van der Waals surface area contributed by atoms with Crippen molar-refractivity contribution in [2.45, 2.75) is 51.2 Å². The zero-order valence-electron chi connectivity index (χ0n) is 21.1. The number of likely N-dealkylation sites (tertiary alicyclic amines) is 1. The average Bonchev–Trinajstić information content (AvgIpc) is 3.42. The second-order valence-corrected chi connectivity index (χ2v) is 10.4. The third-order valence-corrected chi connectivity index (χ3v) is 7.75. The Bertz CT molecular complexity index is 735. The summed E-state index contributed by atoms with van der Waals surface area (Å²) in [5, 5.41) is 0. The Hall–Kier alpha value is -1.47. The molecule has 1 aromatic rings. The lowest BCUT2D eigenvalue weighted by molar-refractivity contribution is -0.146. The Balaban J connectivity index is 1.09. The van der Waals surface area contributed by atoms with Gasteiger partial charge in [-0.15, -0.1) is 0 Å². The fourth-order valence-corrected chi connectivity index (χ4v) is 5.36. The molecule has 0 bridgehead atoms. The van der Waals surface area contributed by atoms with Crippen molar-refractivity contribution in [2.75, 3.05) is 60.2 Å². The maximum Gasteiger partial charge on any atom is 0.225 e. The van der Waals surface area contributed by atoms with Crippen molar-refractivity contribution in [3.63, 3.8) is 0 Å². The largest absolute Gasteiger partial charge is 0.381 e. The Kier molecular flexibility index (Phi) is 9.80. The van der Waals surface area contributed by atoms with Gasteiger partial charge in [0, 0.05) is 40.4 Å². The highest BCUT2D eigenvalue weighted by Crippen LogP contribution is 2.37. The summed E-state index contributed by atoms with van der Waals surface area (Å²) >= 11 is 0. The Morgan fingerprint density at radius 2 is 1.65 bits per heavy atom. The van der Waals surface area contributed by atoms with Gasteiger partial charge in [-0.3, -0.25) is 4.79 Å². The van der Waals surface area contributed by atoms with Gasteiger partial charge in [-0.2, -0.15) is 0 Å². The van der Waals surface area contributed by atoms with Gasteiger partial charge in [0.05, 0.1) is 26.2 Å². The summed E-state index contributed by atoms with van der Waals surface area (Å²) in [7, 11) is 3.22. The Morgan fingerprint density at radius 1 is 1.00 bits per heavy atom. The number of nitrogens with zero attached hydrogens (tertiary/aromatic N) is 2. The monoisotopic (exact) mass is 471 g/mol. The number of hydrogen-bond donors (Lipinski definition) is 0. The third kappa shape index (κ3) is 7.77. The van der Waals surface area contributed by atoms with Crippen LogP contribution in [0.15, 0.2) is 24.3 Å². The molecule has 3 fully saturated rings. The normalized spacial score (nSPS) is 22.4. The standard InChI is InChI=1S/C28H43N2O4/c1-32-28(33-2)21-30(18-24-10-11-24)27(31)14-17-34-16-13-23-8-6-22(7-9-23)12-15-29-19-25-4-3-5-26(25)20-29/h3,6-9,24-26,28H,4-5,10-21H2,1-2H3/t25-,26+. The minimum Gasteiger partial charge on any atom is -0.381 e. The summed E-state index contributed by atoms with van der Waals surface area (Å²) in [4.78, 5) is 17.2. The van der Waals surface area contributed by atoms with E-state index in [4.69, 9.17) is 14.2 Å². The molecule has 1 aromatic carbocycles. The summed E-state index contributed by atoms with van der Waals surface area (Å²) in [6.45, 7) is 6.13. The van der Waals surface area contributed by atoms with Gasteiger partial charge in [0.1, 0.15) is 0 Å². The molecule has 2 saturated carbocycles. The highest BCUT2D eigenvalue weighted by atomic mass is 16.7. The van der Waals surface area contributed by atoms with E-state index in [-0.39, 0.29) is 12.2 Å². The number of carbonyl (C=O) groups is 1. The zero-order valence-corrected chi connectivity index (χ0v) is 21.1. The lowest BCUT2D eigenvalue weighted by Gasteiger charge is -2.26. The molecule has 1 aliphatic heterocycles. The van der Waals surface area contributed by atoms with Gasteiger partial charge in [-0.05, 0) is 73.8 Å². The second kappa shape index (κ2) is 13.0. The van der Waals surface area contributed by atoms with E-state index in [0.717, 1.165) is 31.2 Å². The predicted molar refractivity (Wildman–Crippen MR) is 133 cm³/mol. The van der Waals surface area contributed by atoms with E-state index < -0.39 is 0 Å². The van der Waals surface area contributed by atoms with Crippen LogP contribution in [0.25, 0.3) is 0 Å². The molecular formula is C28H43N2O4. The van der Waals surface area contributed by atoms with Gasteiger partial charge in [-0.1, -0.05) is 24.3 Å². The van der Waals surface area contributed by atoms with Crippen molar-refractivity contribution in [2.24, 2.45) is 17.8 Å². The number of hydrogen-bond acceptors (Lipinski definition) is 5. The molecule has 3 aliphatic rings. The summed E-state index contributed by atoms with van der Waals surface area (Å²) < 4.78 is 16.4. The van der Waals surface area contributed by atoms with Crippen LogP contribution in [0, 0.1) is 24.2 Å². The molecule has 6 heteroatoms. The zero-order chi connectivity index (χ0) is 23.8. The van der Waals surface area contributed by atoms with Gasteiger partial charge in [0.25, 0.3) is 0 Å². The number of amides is 1. The van der Waals surface area contributed by atoms with Gasteiger partial charge in [0.2, 0.25) is 5.91 Å². The minimum atomic E-state index is -0.375. The molecule has 0 spiro atoms. The van der Waals surface area contributed by atoms with Crippen molar-refractivity contribution in [1.29, 1.82) is 0 Å². The molecule has 0 N–H and O–H groups in total. The smallest absolute Gasteiger partial charge is 0.225 e. The quantitative estimate of drug-likeness (QED) is 0.289. The molecule has 1 heterocycles. The SMILES string of the molecule is COC(CN(CC1CC1)C(=O)CCOCCc1ccc(CCN2C[C@H]3C[CH]C[C@H]3C2)cc1)OC. The van der Waals surface area contributed by atoms with E-state index >= 15 is 0 Å². The maximum absolute atomic E-state index is 12.7. The summed E-state index contributed by atoms with van der Waals surface area (Å²) in [5.41, 5.74) is 2.71. The molecule has 1 saturated heterocycles. The molecule has 2 atom stereocenters. The summed E-state index contributed by atoms with van der Waals surface area (Å²) in [6, 6.07) is 8.98. The predicted octanol–water partition coefficient (Wildman–Crippen LogP) is 3.58. The molecule has 189 valence electrons. The van der Waals surface area contributed by atoms with Crippen LogP contribution in [-0.2, 0) is 31.8 Å². The van der Waals surface area contributed by atoms with Gasteiger partial charge in [0.15, 0.2) is 6.29 Å². The van der Waals surface area contributed by atoms with Gasteiger partial charge >= 0.3 is 0 Å². The number of benzene rings is 1. The number of carbonyl (C=O) groups excluding carboxylic acids is 1. The van der Waals surface area contributed by atoms with Crippen LogP contribution >= 0.6 is 0 Å². The van der Waals surface area contributed by atoms with Crippen molar-refractivity contribution < 1.29 is 19.0 Å². The first-order chi connectivity index (χ1) is 16.6. The Morgan fingerprint density at radius 3 is 2.26 bits per heavy atom. The van der Waals surface area contributed by atoms with Crippen LogP contribution in [0.5, 0.6) is 0 Å². The second-order valence-electron chi connectivity index (χ2n) is 10.4. The average molecular weight is 472 g/mol. The molecule has 1 radical (unpaired) electrons. The fourth-order valence-electron chi connectivity index (χ4n) is 5.36.